The fraction of sp³-hybridized carbons (Fsp3) is 0.273. The average molecular weight is 454 g/mol. The van der Waals surface area contributed by atoms with Gasteiger partial charge in [0.25, 0.3) is 0 Å². The number of amides is 1. The Kier molecular flexibility index (Phi) is 6.53. The van der Waals surface area contributed by atoms with Gasteiger partial charge in [-0.1, -0.05) is 52.9 Å². The lowest BCUT2D eigenvalue weighted by atomic mass is 10.2. The van der Waals surface area contributed by atoms with Crippen molar-refractivity contribution in [1.82, 2.24) is 19.7 Å². The van der Waals surface area contributed by atoms with Gasteiger partial charge in [-0.05, 0) is 45.0 Å². The van der Waals surface area contributed by atoms with E-state index in [0.717, 1.165) is 21.8 Å². The van der Waals surface area contributed by atoms with E-state index in [4.69, 9.17) is 4.74 Å². The Balaban J connectivity index is 1.38. The Morgan fingerprint density at radius 2 is 1.97 bits per heavy atom. The molecule has 4 aromatic rings. The number of anilines is 1. The van der Waals surface area contributed by atoms with Crippen molar-refractivity contribution in [3.63, 3.8) is 0 Å². The molecule has 1 atom stereocenters. The van der Waals surface area contributed by atoms with Crippen LogP contribution in [-0.4, -0.2) is 31.4 Å². The molecule has 0 spiro atoms. The fourth-order valence-corrected chi connectivity index (χ4v) is 4.78. The number of para-hydroxylation sites is 1. The van der Waals surface area contributed by atoms with E-state index in [1.807, 2.05) is 73.9 Å². The van der Waals surface area contributed by atoms with E-state index < -0.39 is 0 Å². The van der Waals surface area contributed by atoms with Gasteiger partial charge in [-0.15, -0.1) is 10.2 Å². The number of fused-ring (bicyclic) bond motifs is 1. The maximum atomic E-state index is 12.4. The first-order valence-corrected chi connectivity index (χ1v) is 11.8. The molecule has 9 heteroatoms. The van der Waals surface area contributed by atoms with Crippen LogP contribution in [-0.2, 0) is 11.3 Å². The van der Waals surface area contributed by atoms with Gasteiger partial charge in [0.05, 0.1) is 16.0 Å². The van der Waals surface area contributed by atoms with Crippen LogP contribution in [0.4, 0.5) is 5.13 Å². The number of carbonyl (C=O) groups is 1. The molecule has 0 saturated heterocycles. The van der Waals surface area contributed by atoms with Crippen LogP contribution in [0, 0.1) is 6.92 Å². The summed E-state index contributed by atoms with van der Waals surface area (Å²) >= 11 is 2.81. The molecule has 0 radical (unpaired) electrons. The van der Waals surface area contributed by atoms with Crippen molar-refractivity contribution < 1.29 is 9.53 Å². The number of hydrogen-bond donors (Lipinski definition) is 1. The molecule has 0 bridgehead atoms. The highest BCUT2D eigenvalue weighted by Gasteiger charge is 2.19. The molecular weight excluding hydrogens is 430 g/mol. The average Bonchev–Trinajstić information content (AvgIpc) is 3.36. The van der Waals surface area contributed by atoms with E-state index in [9.17, 15) is 4.79 Å². The first kappa shape index (κ1) is 21.3. The summed E-state index contributed by atoms with van der Waals surface area (Å²) in [5.41, 5.74) is 2.06. The Labute approximate surface area is 188 Å². The van der Waals surface area contributed by atoms with Gasteiger partial charge in [-0.3, -0.25) is 4.79 Å². The minimum atomic E-state index is -0.263. The number of thioether (sulfide) groups is 1. The SMILES string of the molecule is CCn1c(SCC(=O)Nc2nc3ccccc3s2)nnc1C(C)Oc1ccc(C)cc1. The summed E-state index contributed by atoms with van der Waals surface area (Å²) in [6.45, 7) is 6.70. The van der Waals surface area contributed by atoms with Crippen molar-refractivity contribution in [3.8, 4) is 5.75 Å². The standard InChI is InChI=1S/C22H23N5O2S2/c1-4-27-20(15(3)29-16-11-9-14(2)10-12-16)25-26-22(27)30-13-19(28)24-21-23-17-7-5-6-8-18(17)31-21/h5-12,15H,4,13H2,1-3H3,(H,23,24,28). The number of ether oxygens (including phenoxy) is 1. The van der Waals surface area contributed by atoms with Gasteiger partial charge >= 0.3 is 0 Å². The van der Waals surface area contributed by atoms with Gasteiger partial charge in [-0.2, -0.15) is 0 Å². The van der Waals surface area contributed by atoms with Crippen LogP contribution in [0.15, 0.2) is 53.7 Å². The lowest BCUT2D eigenvalue weighted by Gasteiger charge is -2.15. The number of aryl methyl sites for hydroxylation is 1. The summed E-state index contributed by atoms with van der Waals surface area (Å²) in [5.74, 6) is 1.62. The number of thiazole rings is 1. The second kappa shape index (κ2) is 9.49. The van der Waals surface area contributed by atoms with Gasteiger partial charge < -0.3 is 14.6 Å². The van der Waals surface area contributed by atoms with Crippen molar-refractivity contribution in [2.75, 3.05) is 11.1 Å². The second-order valence-corrected chi connectivity index (χ2v) is 8.95. The molecule has 0 fully saturated rings. The molecule has 160 valence electrons. The number of carbonyl (C=O) groups excluding carboxylic acids is 1. The maximum absolute atomic E-state index is 12.4. The van der Waals surface area contributed by atoms with Crippen LogP contribution in [0.25, 0.3) is 10.2 Å². The minimum Gasteiger partial charge on any atom is -0.483 e. The van der Waals surface area contributed by atoms with E-state index in [0.29, 0.717) is 16.8 Å². The van der Waals surface area contributed by atoms with Crippen molar-refractivity contribution >= 4 is 44.4 Å². The Bertz CT molecular complexity index is 1150. The number of nitrogens with one attached hydrogen (secondary N) is 1. The van der Waals surface area contributed by atoms with E-state index in [1.54, 1.807) is 0 Å². The van der Waals surface area contributed by atoms with Crippen LogP contribution in [0.3, 0.4) is 0 Å². The molecule has 7 nitrogen and oxygen atoms in total. The largest absolute Gasteiger partial charge is 0.483 e. The molecular formula is C22H23N5O2S2. The van der Waals surface area contributed by atoms with Crippen LogP contribution in [0.1, 0.15) is 31.3 Å². The third-order valence-corrected chi connectivity index (χ3v) is 6.55. The predicted octanol–water partition coefficient (Wildman–Crippen LogP) is 5.09. The first-order valence-electron chi connectivity index (χ1n) is 9.98. The summed E-state index contributed by atoms with van der Waals surface area (Å²) in [5, 5.41) is 12.8. The summed E-state index contributed by atoms with van der Waals surface area (Å²) in [4.78, 5) is 16.9. The zero-order valence-corrected chi connectivity index (χ0v) is 19.2. The molecule has 31 heavy (non-hydrogen) atoms. The fourth-order valence-electron chi connectivity index (χ4n) is 3.09. The number of rotatable bonds is 8. The van der Waals surface area contributed by atoms with Crippen molar-refractivity contribution in [1.29, 1.82) is 0 Å². The van der Waals surface area contributed by atoms with Crippen molar-refractivity contribution in [2.24, 2.45) is 0 Å². The summed E-state index contributed by atoms with van der Waals surface area (Å²) in [6, 6.07) is 15.7. The van der Waals surface area contributed by atoms with Crippen molar-refractivity contribution in [3.05, 3.63) is 59.9 Å². The van der Waals surface area contributed by atoms with Gasteiger partial charge in [0.2, 0.25) is 5.91 Å². The van der Waals surface area contributed by atoms with Crippen LogP contribution >= 0.6 is 23.1 Å². The highest BCUT2D eigenvalue weighted by molar-refractivity contribution is 7.99. The molecule has 4 rings (SSSR count). The zero-order chi connectivity index (χ0) is 21.8. The summed E-state index contributed by atoms with van der Waals surface area (Å²) < 4.78 is 9.05. The number of nitrogens with zero attached hydrogens (tertiary/aromatic N) is 4. The third kappa shape index (κ3) is 5.05. The molecule has 2 aromatic carbocycles. The normalized spacial score (nSPS) is 12.1. The van der Waals surface area contributed by atoms with Gasteiger partial charge in [0, 0.05) is 6.54 Å². The molecule has 0 aliphatic heterocycles. The van der Waals surface area contributed by atoms with E-state index in [2.05, 4.69) is 20.5 Å². The summed E-state index contributed by atoms with van der Waals surface area (Å²) in [7, 11) is 0. The highest BCUT2D eigenvalue weighted by Crippen LogP contribution is 2.27. The molecule has 2 aromatic heterocycles. The quantitative estimate of drug-likeness (QED) is 0.374. The lowest BCUT2D eigenvalue weighted by molar-refractivity contribution is -0.113. The predicted molar refractivity (Wildman–Crippen MR) is 125 cm³/mol. The Morgan fingerprint density at radius 3 is 2.71 bits per heavy atom. The van der Waals surface area contributed by atoms with E-state index >= 15 is 0 Å². The van der Waals surface area contributed by atoms with Gasteiger partial charge in [0.1, 0.15) is 5.75 Å². The van der Waals surface area contributed by atoms with Crippen molar-refractivity contribution in [2.45, 2.75) is 38.6 Å². The minimum absolute atomic E-state index is 0.125. The topological polar surface area (TPSA) is 81.9 Å². The zero-order valence-electron chi connectivity index (χ0n) is 17.5. The highest BCUT2D eigenvalue weighted by atomic mass is 32.2. The Hall–Kier alpha value is -2.91. The maximum Gasteiger partial charge on any atom is 0.236 e. The van der Waals surface area contributed by atoms with Gasteiger partial charge in [-0.25, -0.2) is 4.98 Å². The van der Waals surface area contributed by atoms with Crippen LogP contribution < -0.4 is 10.1 Å². The molecule has 0 aliphatic carbocycles. The first-order chi connectivity index (χ1) is 15.0. The molecule has 1 unspecified atom stereocenters. The molecule has 2 heterocycles. The molecule has 0 saturated carbocycles. The number of benzene rings is 2. The monoisotopic (exact) mass is 453 g/mol. The number of hydrogen-bond acceptors (Lipinski definition) is 7. The van der Waals surface area contributed by atoms with E-state index in [1.165, 1.54) is 28.7 Å². The third-order valence-electron chi connectivity index (χ3n) is 4.63. The van der Waals surface area contributed by atoms with E-state index in [-0.39, 0.29) is 17.8 Å². The van der Waals surface area contributed by atoms with Crippen LogP contribution in [0.2, 0.25) is 0 Å². The second-order valence-electron chi connectivity index (χ2n) is 6.98. The molecule has 1 N–H and O–H groups in total. The molecule has 1 amide bonds. The van der Waals surface area contributed by atoms with Gasteiger partial charge in [0.15, 0.2) is 22.2 Å². The summed E-state index contributed by atoms with van der Waals surface area (Å²) in [6.07, 6.45) is -0.263. The smallest absolute Gasteiger partial charge is 0.236 e. The molecule has 0 aliphatic rings. The lowest BCUT2D eigenvalue weighted by Crippen LogP contribution is -2.15. The Morgan fingerprint density at radius 1 is 1.19 bits per heavy atom. The van der Waals surface area contributed by atoms with Crippen LogP contribution in [0.5, 0.6) is 5.75 Å². The number of aromatic nitrogens is 4.